The molecule has 0 aliphatic carbocycles. The fraction of sp³-hybridized carbons (Fsp3) is 0.556. The zero-order valence-electron chi connectivity index (χ0n) is 13.8. The van der Waals surface area contributed by atoms with E-state index in [1.807, 2.05) is 4.90 Å². The fourth-order valence-corrected chi connectivity index (χ4v) is 3.00. The molecule has 1 aromatic carbocycles. The van der Waals surface area contributed by atoms with E-state index in [9.17, 15) is 9.59 Å². The van der Waals surface area contributed by atoms with Gasteiger partial charge in [0.2, 0.25) is 5.91 Å². The zero-order chi connectivity index (χ0) is 16.8. The van der Waals surface area contributed by atoms with Crippen molar-refractivity contribution in [2.45, 2.75) is 45.6 Å². The van der Waals surface area contributed by atoms with Crippen LogP contribution in [0.4, 0.5) is 0 Å². The molecule has 2 amide bonds. The maximum Gasteiger partial charge on any atom is 0.251 e. The number of carbonyl (C=O) groups is 2. The summed E-state index contributed by atoms with van der Waals surface area (Å²) in [5.74, 6) is 0.151. The van der Waals surface area contributed by atoms with Gasteiger partial charge in [-0.05, 0) is 55.9 Å². The van der Waals surface area contributed by atoms with Crippen LogP contribution in [0.3, 0.4) is 0 Å². The summed E-state index contributed by atoms with van der Waals surface area (Å²) in [6, 6.07) is 6.25. The lowest BCUT2D eigenvalue weighted by Crippen LogP contribution is -2.50. The highest BCUT2D eigenvalue weighted by molar-refractivity contribution is 6.30. The minimum Gasteiger partial charge on any atom is -0.341 e. The highest BCUT2D eigenvalue weighted by Gasteiger charge is 2.27. The summed E-state index contributed by atoms with van der Waals surface area (Å²) in [7, 11) is 0. The molecule has 0 bridgehead atoms. The minimum atomic E-state index is -0.462. The van der Waals surface area contributed by atoms with Crippen LogP contribution in [-0.2, 0) is 4.79 Å². The largest absolute Gasteiger partial charge is 0.341 e. The van der Waals surface area contributed by atoms with Gasteiger partial charge in [-0.15, -0.1) is 0 Å². The molecule has 0 radical (unpaired) electrons. The van der Waals surface area contributed by atoms with Crippen LogP contribution in [0.2, 0.25) is 5.02 Å². The third-order valence-electron chi connectivity index (χ3n) is 4.08. The number of benzene rings is 1. The number of halogens is 1. The van der Waals surface area contributed by atoms with Crippen LogP contribution >= 0.6 is 11.6 Å². The molecule has 0 aromatic heterocycles. The number of rotatable bonds is 5. The topological polar surface area (TPSA) is 49.4 Å². The number of piperidine rings is 1. The molecule has 1 N–H and O–H groups in total. The molecule has 1 saturated heterocycles. The van der Waals surface area contributed by atoms with Gasteiger partial charge in [0.1, 0.15) is 6.04 Å². The second-order valence-electron chi connectivity index (χ2n) is 6.55. The number of nitrogens with zero attached hydrogens (tertiary/aromatic N) is 1. The smallest absolute Gasteiger partial charge is 0.251 e. The molecule has 4 nitrogen and oxygen atoms in total. The van der Waals surface area contributed by atoms with E-state index in [0.29, 0.717) is 22.9 Å². The molecule has 0 spiro atoms. The summed E-state index contributed by atoms with van der Waals surface area (Å²) in [5, 5.41) is 3.50. The molecule has 5 heteroatoms. The Balaban J connectivity index is 2.06. The Labute approximate surface area is 143 Å². The summed E-state index contributed by atoms with van der Waals surface area (Å²) in [6.45, 7) is 5.71. The lowest BCUT2D eigenvalue weighted by Gasteiger charge is -2.31. The first-order chi connectivity index (χ1) is 11.0. The van der Waals surface area contributed by atoms with Crippen LogP contribution < -0.4 is 5.32 Å². The van der Waals surface area contributed by atoms with Gasteiger partial charge in [-0.1, -0.05) is 25.4 Å². The normalized spacial score (nSPS) is 16.3. The monoisotopic (exact) mass is 336 g/mol. The Morgan fingerprint density at radius 1 is 1.13 bits per heavy atom. The third-order valence-corrected chi connectivity index (χ3v) is 4.34. The molecule has 1 fully saturated rings. The molecular weight excluding hydrogens is 312 g/mol. The molecule has 2 rings (SSSR count). The van der Waals surface area contributed by atoms with Crippen molar-refractivity contribution in [2.24, 2.45) is 5.92 Å². The van der Waals surface area contributed by atoms with Crippen LogP contribution in [0, 0.1) is 5.92 Å². The first kappa shape index (κ1) is 17.8. The molecule has 126 valence electrons. The van der Waals surface area contributed by atoms with Crippen molar-refractivity contribution >= 4 is 23.4 Å². The summed E-state index contributed by atoms with van der Waals surface area (Å²) >= 11 is 5.85. The van der Waals surface area contributed by atoms with E-state index in [0.717, 1.165) is 25.9 Å². The van der Waals surface area contributed by atoms with Crippen molar-refractivity contribution in [3.63, 3.8) is 0 Å². The van der Waals surface area contributed by atoms with E-state index in [-0.39, 0.29) is 11.8 Å². The van der Waals surface area contributed by atoms with Crippen molar-refractivity contribution in [3.05, 3.63) is 34.9 Å². The molecule has 23 heavy (non-hydrogen) atoms. The molecule has 1 aliphatic heterocycles. The Morgan fingerprint density at radius 3 is 2.30 bits per heavy atom. The Kier molecular flexibility index (Phi) is 6.46. The highest BCUT2D eigenvalue weighted by atomic mass is 35.5. The average Bonchev–Trinajstić information content (AvgIpc) is 2.54. The molecular formula is C18H25ClN2O2. The zero-order valence-corrected chi connectivity index (χ0v) is 14.6. The SMILES string of the molecule is CC(C)C[C@H](NC(=O)c1ccc(Cl)cc1)C(=O)N1CCCCC1. The van der Waals surface area contributed by atoms with Crippen LogP contribution in [-0.4, -0.2) is 35.8 Å². The maximum atomic E-state index is 12.7. The van der Waals surface area contributed by atoms with Crippen LogP contribution in [0.5, 0.6) is 0 Å². The number of nitrogens with one attached hydrogen (secondary N) is 1. The lowest BCUT2D eigenvalue weighted by molar-refractivity contribution is -0.134. The van der Waals surface area contributed by atoms with E-state index in [1.54, 1.807) is 24.3 Å². The van der Waals surface area contributed by atoms with Gasteiger partial charge < -0.3 is 10.2 Å². The Bertz CT molecular complexity index is 536. The van der Waals surface area contributed by atoms with E-state index in [2.05, 4.69) is 19.2 Å². The van der Waals surface area contributed by atoms with Gasteiger partial charge in [0, 0.05) is 23.7 Å². The van der Waals surface area contributed by atoms with Gasteiger partial charge in [0.05, 0.1) is 0 Å². The molecule has 1 atom stereocenters. The number of hydrogen-bond donors (Lipinski definition) is 1. The van der Waals surface area contributed by atoms with E-state index >= 15 is 0 Å². The first-order valence-electron chi connectivity index (χ1n) is 8.32. The van der Waals surface area contributed by atoms with Crippen molar-refractivity contribution in [2.75, 3.05) is 13.1 Å². The standard InChI is InChI=1S/C18H25ClN2O2/c1-13(2)12-16(18(23)21-10-4-3-5-11-21)20-17(22)14-6-8-15(19)9-7-14/h6-9,13,16H,3-5,10-12H2,1-2H3,(H,20,22)/t16-/m0/s1. The minimum absolute atomic E-state index is 0.0423. The third kappa shape index (κ3) is 5.24. The molecule has 1 heterocycles. The number of carbonyl (C=O) groups excluding carboxylic acids is 2. The van der Waals surface area contributed by atoms with Gasteiger partial charge >= 0.3 is 0 Å². The highest BCUT2D eigenvalue weighted by Crippen LogP contribution is 2.15. The van der Waals surface area contributed by atoms with Gasteiger partial charge in [0.25, 0.3) is 5.91 Å². The first-order valence-corrected chi connectivity index (χ1v) is 8.70. The van der Waals surface area contributed by atoms with Crippen molar-refractivity contribution < 1.29 is 9.59 Å². The molecule has 1 aliphatic rings. The second-order valence-corrected chi connectivity index (χ2v) is 6.98. The van der Waals surface area contributed by atoms with Gasteiger partial charge in [-0.25, -0.2) is 0 Å². The summed E-state index contributed by atoms with van der Waals surface area (Å²) in [4.78, 5) is 27.0. The fourth-order valence-electron chi connectivity index (χ4n) is 2.87. The maximum absolute atomic E-state index is 12.7. The predicted molar refractivity (Wildman–Crippen MR) is 92.6 cm³/mol. The van der Waals surface area contributed by atoms with Gasteiger partial charge in [-0.2, -0.15) is 0 Å². The van der Waals surface area contributed by atoms with Crippen LogP contribution in [0.1, 0.15) is 49.9 Å². The van der Waals surface area contributed by atoms with Crippen LogP contribution in [0.25, 0.3) is 0 Å². The lowest BCUT2D eigenvalue weighted by atomic mass is 10.0. The van der Waals surface area contributed by atoms with Gasteiger partial charge in [-0.3, -0.25) is 9.59 Å². The van der Waals surface area contributed by atoms with E-state index in [4.69, 9.17) is 11.6 Å². The number of amides is 2. The Morgan fingerprint density at radius 2 is 1.74 bits per heavy atom. The van der Waals surface area contributed by atoms with Crippen LogP contribution in [0.15, 0.2) is 24.3 Å². The quantitative estimate of drug-likeness (QED) is 0.894. The Hall–Kier alpha value is -1.55. The second kappa shape index (κ2) is 8.34. The summed E-state index contributed by atoms with van der Waals surface area (Å²) in [6.07, 6.45) is 3.92. The van der Waals surface area contributed by atoms with E-state index < -0.39 is 6.04 Å². The van der Waals surface area contributed by atoms with Crippen molar-refractivity contribution in [1.29, 1.82) is 0 Å². The van der Waals surface area contributed by atoms with Crippen molar-refractivity contribution in [3.8, 4) is 0 Å². The van der Waals surface area contributed by atoms with Gasteiger partial charge in [0.15, 0.2) is 0 Å². The summed E-state index contributed by atoms with van der Waals surface area (Å²) < 4.78 is 0. The van der Waals surface area contributed by atoms with E-state index in [1.165, 1.54) is 6.42 Å². The molecule has 1 aromatic rings. The number of hydrogen-bond acceptors (Lipinski definition) is 2. The number of likely N-dealkylation sites (tertiary alicyclic amines) is 1. The molecule has 0 saturated carbocycles. The predicted octanol–water partition coefficient (Wildman–Crippen LogP) is 3.50. The average molecular weight is 337 g/mol. The van der Waals surface area contributed by atoms with Crippen molar-refractivity contribution in [1.82, 2.24) is 10.2 Å². The summed E-state index contributed by atoms with van der Waals surface area (Å²) in [5.41, 5.74) is 0.523. The molecule has 0 unspecified atom stereocenters.